The molecule has 3 nitrogen and oxygen atoms in total. The summed E-state index contributed by atoms with van der Waals surface area (Å²) in [7, 11) is 0. The Hall–Kier alpha value is -3.56. The summed E-state index contributed by atoms with van der Waals surface area (Å²) in [6, 6.07) is 35.1. The zero-order valence-corrected chi connectivity index (χ0v) is 18.3. The monoisotopic (exact) mass is 441 g/mol. The van der Waals surface area contributed by atoms with Crippen LogP contribution in [0.5, 0.6) is 11.5 Å². The van der Waals surface area contributed by atoms with Crippen LogP contribution in [0.2, 0.25) is 5.02 Å². The lowest BCUT2D eigenvalue weighted by atomic mass is 9.89. The number of halogens is 1. The van der Waals surface area contributed by atoms with Gasteiger partial charge in [0.15, 0.2) is 0 Å². The fourth-order valence-corrected chi connectivity index (χ4v) is 3.73. The summed E-state index contributed by atoms with van der Waals surface area (Å²) >= 11 is 5.94. The Kier molecular flexibility index (Phi) is 7.21. The number of rotatable bonds is 8. The maximum atomic E-state index is 12.8. The highest BCUT2D eigenvalue weighted by Gasteiger charge is 2.17. The van der Waals surface area contributed by atoms with Crippen LogP contribution in [0.15, 0.2) is 109 Å². The molecule has 4 aromatic rings. The first kappa shape index (κ1) is 21.7. The highest BCUT2D eigenvalue weighted by Crippen LogP contribution is 2.29. The molecule has 0 aliphatic carbocycles. The molecule has 0 heterocycles. The number of carbonyl (C=O) groups excluding carboxylic acids is 1. The van der Waals surface area contributed by atoms with Gasteiger partial charge in [-0.1, -0.05) is 72.3 Å². The fraction of sp³-hybridized carbons (Fsp3) is 0.107. The van der Waals surface area contributed by atoms with E-state index < -0.39 is 0 Å². The number of ether oxygens (including phenoxy) is 1. The molecule has 0 radical (unpaired) electrons. The van der Waals surface area contributed by atoms with Crippen molar-refractivity contribution in [2.24, 2.45) is 0 Å². The first-order valence-corrected chi connectivity index (χ1v) is 11.0. The summed E-state index contributed by atoms with van der Waals surface area (Å²) in [5.41, 5.74) is 3.03. The summed E-state index contributed by atoms with van der Waals surface area (Å²) in [4.78, 5) is 12.8. The molecule has 0 aromatic heterocycles. The molecule has 0 aliphatic heterocycles. The summed E-state index contributed by atoms with van der Waals surface area (Å²) in [5.74, 6) is 1.57. The van der Waals surface area contributed by atoms with Crippen LogP contribution >= 0.6 is 11.6 Å². The topological polar surface area (TPSA) is 38.3 Å². The predicted octanol–water partition coefficient (Wildman–Crippen LogP) is 7.49. The molecule has 0 saturated carbocycles. The van der Waals surface area contributed by atoms with Gasteiger partial charge in [-0.3, -0.25) is 4.79 Å². The summed E-state index contributed by atoms with van der Waals surface area (Å²) < 4.78 is 5.91. The quantitative estimate of drug-likeness (QED) is 0.307. The van der Waals surface area contributed by atoms with Gasteiger partial charge in [0.25, 0.3) is 0 Å². The first-order chi connectivity index (χ1) is 15.7. The van der Waals surface area contributed by atoms with Gasteiger partial charge in [-0.2, -0.15) is 0 Å². The molecule has 1 N–H and O–H groups in total. The molecule has 160 valence electrons. The Bertz CT molecular complexity index is 1130. The number of hydrogen-bond donors (Lipinski definition) is 1. The highest BCUT2D eigenvalue weighted by molar-refractivity contribution is 6.30. The van der Waals surface area contributed by atoms with Crippen LogP contribution in [0.3, 0.4) is 0 Å². The molecule has 0 fully saturated rings. The number of amides is 1. The number of para-hydroxylation sites is 1. The van der Waals surface area contributed by atoms with E-state index in [9.17, 15) is 4.79 Å². The van der Waals surface area contributed by atoms with E-state index >= 15 is 0 Å². The average molecular weight is 442 g/mol. The largest absolute Gasteiger partial charge is 0.457 e. The van der Waals surface area contributed by atoms with Crippen molar-refractivity contribution in [2.75, 3.05) is 5.32 Å². The van der Waals surface area contributed by atoms with Gasteiger partial charge in [0, 0.05) is 17.1 Å². The molecule has 4 aromatic carbocycles. The third-order valence-electron chi connectivity index (χ3n) is 5.22. The van der Waals surface area contributed by atoms with Gasteiger partial charge < -0.3 is 10.1 Å². The van der Waals surface area contributed by atoms with Crippen molar-refractivity contribution < 1.29 is 9.53 Å². The summed E-state index contributed by atoms with van der Waals surface area (Å²) in [6.45, 7) is 0. The Morgan fingerprint density at radius 2 is 1.34 bits per heavy atom. The van der Waals surface area contributed by atoms with Crippen molar-refractivity contribution in [2.45, 2.75) is 18.8 Å². The van der Waals surface area contributed by atoms with Gasteiger partial charge in [-0.25, -0.2) is 0 Å². The maximum absolute atomic E-state index is 12.8. The van der Waals surface area contributed by atoms with Crippen molar-refractivity contribution in [3.8, 4) is 11.5 Å². The van der Waals surface area contributed by atoms with E-state index in [4.69, 9.17) is 16.3 Å². The molecule has 32 heavy (non-hydrogen) atoms. The van der Waals surface area contributed by atoms with Crippen LogP contribution in [-0.2, 0) is 11.2 Å². The van der Waals surface area contributed by atoms with Crippen LogP contribution in [0.4, 0.5) is 5.69 Å². The molecular formula is C28H24ClNO2. The standard InChI is InChI=1S/C28H24ClNO2/c29-24-13-15-25(16-14-24)30-28(31)20-23(19-21-7-3-1-4-8-21)22-11-17-27(18-12-22)32-26-9-5-2-6-10-26/h1-18,23H,19-20H2,(H,30,31). The molecule has 1 amide bonds. The molecule has 4 rings (SSSR count). The second-order valence-corrected chi connectivity index (χ2v) is 8.07. The van der Waals surface area contributed by atoms with Gasteiger partial charge in [0.05, 0.1) is 0 Å². The zero-order valence-electron chi connectivity index (χ0n) is 17.6. The van der Waals surface area contributed by atoms with E-state index in [1.807, 2.05) is 84.9 Å². The average Bonchev–Trinajstić information content (AvgIpc) is 2.82. The molecule has 0 aliphatic rings. The lowest BCUT2D eigenvalue weighted by molar-refractivity contribution is -0.116. The van der Waals surface area contributed by atoms with E-state index in [1.165, 1.54) is 5.56 Å². The number of hydrogen-bond acceptors (Lipinski definition) is 2. The smallest absolute Gasteiger partial charge is 0.224 e. The van der Waals surface area contributed by atoms with E-state index in [2.05, 4.69) is 17.4 Å². The SMILES string of the molecule is O=C(CC(Cc1ccccc1)c1ccc(Oc2ccccc2)cc1)Nc1ccc(Cl)cc1. The minimum absolute atomic E-state index is 0.0298. The zero-order chi connectivity index (χ0) is 22.2. The molecule has 0 saturated heterocycles. The molecule has 0 bridgehead atoms. The number of benzene rings is 4. The van der Waals surface area contributed by atoms with E-state index in [0.29, 0.717) is 11.4 Å². The number of carbonyl (C=O) groups is 1. The molecular weight excluding hydrogens is 418 g/mol. The molecule has 1 unspecified atom stereocenters. The Morgan fingerprint density at radius 1 is 0.750 bits per heavy atom. The van der Waals surface area contributed by atoms with Crippen molar-refractivity contribution in [1.29, 1.82) is 0 Å². The van der Waals surface area contributed by atoms with E-state index in [1.54, 1.807) is 12.1 Å². The lowest BCUT2D eigenvalue weighted by Gasteiger charge is -2.18. The Morgan fingerprint density at radius 3 is 2.00 bits per heavy atom. The highest BCUT2D eigenvalue weighted by atomic mass is 35.5. The maximum Gasteiger partial charge on any atom is 0.224 e. The van der Waals surface area contributed by atoms with Crippen LogP contribution in [0, 0.1) is 0 Å². The minimum Gasteiger partial charge on any atom is -0.457 e. The normalized spacial score (nSPS) is 11.5. The third kappa shape index (κ3) is 6.22. The van der Waals surface area contributed by atoms with Crippen molar-refractivity contribution in [3.63, 3.8) is 0 Å². The Labute approximate surface area is 193 Å². The van der Waals surface area contributed by atoms with Gasteiger partial charge in [0.2, 0.25) is 5.91 Å². The van der Waals surface area contributed by atoms with E-state index in [0.717, 1.165) is 29.2 Å². The van der Waals surface area contributed by atoms with Gasteiger partial charge in [-0.05, 0) is 72.0 Å². The molecule has 4 heteroatoms. The fourth-order valence-electron chi connectivity index (χ4n) is 3.61. The van der Waals surface area contributed by atoms with Crippen molar-refractivity contribution in [3.05, 3.63) is 125 Å². The third-order valence-corrected chi connectivity index (χ3v) is 5.47. The minimum atomic E-state index is -0.0298. The molecule has 1 atom stereocenters. The summed E-state index contributed by atoms with van der Waals surface area (Å²) in [5, 5.41) is 3.62. The number of anilines is 1. The van der Waals surface area contributed by atoms with Crippen molar-refractivity contribution in [1.82, 2.24) is 0 Å². The van der Waals surface area contributed by atoms with E-state index in [-0.39, 0.29) is 11.8 Å². The van der Waals surface area contributed by atoms with Gasteiger partial charge in [-0.15, -0.1) is 0 Å². The van der Waals surface area contributed by atoms with Gasteiger partial charge >= 0.3 is 0 Å². The lowest BCUT2D eigenvalue weighted by Crippen LogP contribution is -2.17. The summed E-state index contributed by atoms with van der Waals surface area (Å²) in [6.07, 6.45) is 1.14. The van der Waals surface area contributed by atoms with Crippen LogP contribution < -0.4 is 10.1 Å². The van der Waals surface area contributed by atoms with Crippen LogP contribution in [0.1, 0.15) is 23.5 Å². The number of nitrogens with one attached hydrogen (secondary N) is 1. The molecule has 0 spiro atoms. The van der Waals surface area contributed by atoms with Crippen LogP contribution in [0.25, 0.3) is 0 Å². The predicted molar refractivity (Wildman–Crippen MR) is 131 cm³/mol. The second kappa shape index (κ2) is 10.7. The van der Waals surface area contributed by atoms with Gasteiger partial charge in [0.1, 0.15) is 11.5 Å². The van der Waals surface area contributed by atoms with Crippen molar-refractivity contribution >= 4 is 23.2 Å². The second-order valence-electron chi connectivity index (χ2n) is 7.63. The first-order valence-electron chi connectivity index (χ1n) is 10.6. The Balaban J connectivity index is 1.49. The van der Waals surface area contributed by atoms with Crippen LogP contribution in [-0.4, -0.2) is 5.91 Å².